The van der Waals surface area contributed by atoms with Crippen molar-refractivity contribution in [1.82, 2.24) is 0 Å². The molecule has 3 rings (SSSR count). The Hall–Kier alpha value is -2.11. The van der Waals surface area contributed by atoms with Crippen LogP contribution >= 0.6 is 23.2 Å². The van der Waals surface area contributed by atoms with Crippen molar-refractivity contribution in [1.29, 1.82) is 0 Å². The largest absolute Gasteiger partial charge is 0.326 e. The van der Waals surface area contributed by atoms with Crippen molar-refractivity contribution in [3.63, 3.8) is 0 Å². The highest BCUT2D eigenvalue weighted by atomic mass is 35.5. The normalized spacial score (nSPS) is 13.7. The summed E-state index contributed by atoms with van der Waals surface area (Å²) in [5.41, 5.74) is 1.28. The molecule has 1 aliphatic heterocycles. The Kier molecular flexibility index (Phi) is 4.24. The molecule has 1 N–H and O–H groups in total. The van der Waals surface area contributed by atoms with Crippen LogP contribution in [0.3, 0.4) is 0 Å². The van der Waals surface area contributed by atoms with E-state index in [2.05, 4.69) is 5.32 Å². The van der Waals surface area contributed by atoms with E-state index < -0.39 is 11.8 Å². The van der Waals surface area contributed by atoms with Gasteiger partial charge in [-0.3, -0.25) is 9.69 Å². The Balaban J connectivity index is 1.87. The van der Waals surface area contributed by atoms with Crippen LogP contribution in [0, 0.1) is 5.82 Å². The van der Waals surface area contributed by atoms with E-state index >= 15 is 0 Å². The fourth-order valence-corrected chi connectivity index (χ4v) is 2.76. The second-order valence-electron chi connectivity index (χ2n) is 5.05. The maximum absolute atomic E-state index is 13.2. The molecule has 0 radical (unpaired) electrons. The predicted molar refractivity (Wildman–Crippen MR) is 88.2 cm³/mol. The van der Waals surface area contributed by atoms with Crippen molar-refractivity contribution in [2.45, 2.75) is 6.42 Å². The molecule has 0 unspecified atom stereocenters. The molecule has 4 nitrogen and oxygen atoms in total. The van der Waals surface area contributed by atoms with E-state index in [1.54, 1.807) is 18.2 Å². The van der Waals surface area contributed by atoms with Gasteiger partial charge in [-0.25, -0.2) is 9.18 Å². The minimum absolute atomic E-state index is 0.0589. The Morgan fingerprint density at radius 2 is 1.96 bits per heavy atom. The molecular weight excluding hydrogens is 342 g/mol. The topological polar surface area (TPSA) is 49.4 Å². The van der Waals surface area contributed by atoms with Crippen LogP contribution in [-0.2, 0) is 0 Å². The number of anilines is 2. The SMILES string of the molecule is O=C1CCN(C(=O)Nc2ccc(F)c(Cl)c2)c2ccc(Cl)cc21. The molecule has 0 saturated heterocycles. The van der Waals surface area contributed by atoms with Gasteiger partial charge in [0.2, 0.25) is 0 Å². The fourth-order valence-electron chi connectivity index (χ4n) is 2.41. The van der Waals surface area contributed by atoms with Gasteiger partial charge < -0.3 is 5.32 Å². The second kappa shape index (κ2) is 6.18. The van der Waals surface area contributed by atoms with E-state index in [0.29, 0.717) is 22.0 Å². The van der Waals surface area contributed by atoms with Crippen molar-refractivity contribution < 1.29 is 14.0 Å². The molecule has 23 heavy (non-hydrogen) atoms. The number of hydrogen-bond donors (Lipinski definition) is 1. The van der Waals surface area contributed by atoms with E-state index in [-0.39, 0.29) is 23.8 Å². The Labute approximate surface area is 141 Å². The summed E-state index contributed by atoms with van der Waals surface area (Å²) in [4.78, 5) is 25.9. The third-order valence-electron chi connectivity index (χ3n) is 3.53. The number of carbonyl (C=O) groups is 2. The number of amides is 2. The number of hydrogen-bond acceptors (Lipinski definition) is 2. The lowest BCUT2D eigenvalue weighted by Gasteiger charge is -2.29. The van der Waals surface area contributed by atoms with Crippen LogP contribution in [0.2, 0.25) is 10.0 Å². The number of carbonyl (C=O) groups excluding carboxylic acids is 2. The fraction of sp³-hybridized carbons (Fsp3) is 0.125. The highest BCUT2D eigenvalue weighted by molar-refractivity contribution is 6.31. The first-order valence-electron chi connectivity index (χ1n) is 6.82. The smallest absolute Gasteiger partial charge is 0.307 e. The number of Topliss-reactive ketones (excluding diaryl/α,β-unsaturated/α-hetero) is 1. The molecule has 1 aliphatic rings. The van der Waals surface area contributed by atoms with Gasteiger partial charge in [-0.15, -0.1) is 0 Å². The van der Waals surface area contributed by atoms with Crippen molar-refractivity contribution >= 4 is 46.4 Å². The third kappa shape index (κ3) is 3.16. The molecule has 0 aliphatic carbocycles. The number of urea groups is 1. The number of benzene rings is 2. The summed E-state index contributed by atoms with van der Waals surface area (Å²) in [6, 6.07) is 8.28. The standard InChI is InChI=1S/C16H11Cl2FN2O2/c17-9-1-4-14-11(7-9)15(22)5-6-21(14)16(23)20-10-2-3-13(19)12(18)8-10/h1-4,7-8H,5-6H2,(H,20,23). The number of halogens is 3. The molecule has 0 fully saturated rings. The molecule has 2 aromatic rings. The summed E-state index contributed by atoms with van der Waals surface area (Å²) in [6.45, 7) is 0.258. The number of nitrogens with zero attached hydrogens (tertiary/aromatic N) is 1. The van der Waals surface area contributed by atoms with Gasteiger partial charge >= 0.3 is 6.03 Å². The average Bonchev–Trinajstić information content (AvgIpc) is 2.51. The average molecular weight is 353 g/mol. The van der Waals surface area contributed by atoms with Gasteiger partial charge in [0.15, 0.2) is 5.78 Å². The summed E-state index contributed by atoms with van der Waals surface area (Å²) in [7, 11) is 0. The zero-order valence-corrected chi connectivity index (χ0v) is 13.3. The minimum atomic E-state index is -0.562. The van der Waals surface area contributed by atoms with Gasteiger partial charge in [0, 0.05) is 29.2 Å². The van der Waals surface area contributed by atoms with Crippen LogP contribution in [0.15, 0.2) is 36.4 Å². The number of rotatable bonds is 1. The van der Waals surface area contributed by atoms with Crippen LogP contribution in [-0.4, -0.2) is 18.4 Å². The predicted octanol–water partition coefficient (Wildman–Crippen LogP) is 4.76. The lowest BCUT2D eigenvalue weighted by atomic mass is 10.0. The number of nitrogens with one attached hydrogen (secondary N) is 1. The lowest BCUT2D eigenvalue weighted by Crippen LogP contribution is -2.40. The summed E-state index contributed by atoms with van der Waals surface area (Å²) >= 11 is 11.6. The maximum Gasteiger partial charge on any atom is 0.326 e. The lowest BCUT2D eigenvalue weighted by molar-refractivity contribution is 0.0981. The van der Waals surface area contributed by atoms with E-state index in [1.165, 1.54) is 23.1 Å². The minimum Gasteiger partial charge on any atom is -0.307 e. The highest BCUT2D eigenvalue weighted by Gasteiger charge is 2.27. The number of ketones is 1. The van der Waals surface area contributed by atoms with Crippen LogP contribution in [0.4, 0.5) is 20.6 Å². The molecule has 2 amide bonds. The van der Waals surface area contributed by atoms with Gasteiger partial charge in [0.25, 0.3) is 0 Å². The molecule has 118 valence electrons. The first-order valence-corrected chi connectivity index (χ1v) is 7.57. The van der Waals surface area contributed by atoms with Crippen LogP contribution in [0.5, 0.6) is 0 Å². The summed E-state index contributed by atoms with van der Waals surface area (Å²) in [5, 5.41) is 3.00. The highest BCUT2D eigenvalue weighted by Crippen LogP contribution is 2.30. The van der Waals surface area contributed by atoms with E-state index in [1.807, 2.05) is 0 Å². The summed E-state index contributed by atoms with van der Waals surface area (Å²) < 4.78 is 13.2. The first kappa shape index (κ1) is 15.8. The summed E-state index contributed by atoms with van der Waals surface area (Å²) in [6.07, 6.45) is 0.213. The van der Waals surface area contributed by atoms with Crippen molar-refractivity contribution in [3.05, 3.63) is 57.8 Å². The monoisotopic (exact) mass is 352 g/mol. The molecule has 7 heteroatoms. The summed E-state index contributed by atoms with van der Waals surface area (Å²) in [5.74, 6) is -0.621. The maximum atomic E-state index is 13.2. The van der Waals surface area contributed by atoms with Crippen LogP contribution < -0.4 is 10.2 Å². The van der Waals surface area contributed by atoms with Crippen molar-refractivity contribution in [2.24, 2.45) is 0 Å². The zero-order valence-electron chi connectivity index (χ0n) is 11.8. The molecule has 0 saturated carbocycles. The van der Waals surface area contributed by atoms with Gasteiger partial charge in [0.05, 0.1) is 10.7 Å². The van der Waals surface area contributed by atoms with Gasteiger partial charge in [-0.05, 0) is 36.4 Å². The molecule has 2 aromatic carbocycles. The molecule has 1 heterocycles. The second-order valence-corrected chi connectivity index (χ2v) is 5.89. The molecule has 0 bridgehead atoms. The zero-order chi connectivity index (χ0) is 16.6. The van der Waals surface area contributed by atoms with Crippen LogP contribution in [0.25, 0.3) is 0 Å². The van der Waals surface area contributed by atoms with Crippen LogP contribution in [0.1, 0.15) is 16.8 Å². The molecule has 0 atom stereocenters. The van der Waals surface area contributed by atoms with Gasteiger partial charge in [0.1, 0.15) is 5.82 Å². The van der Waals surface area contributed by atoms with E-state index in [0.717, 1.165) is 0 Å². The quantitative estimate of drug-likeness (QED) is 0.804. The Bertz CT molecular complexity index is 811. The number of fused-ring (bicyclic) bond motifs is 1. The third-order valence-corrected chi connectivity index (χ3v) is 4.05. The molecule has 0 aromatic heterocycles. The first-order chi connectivity index (χ1) is 11.0. The molecular formula is C16H11Cl2FN2O2. The van der Waals surface area contributed by atoms with Gasteiger partial charge in [-0.2, -0.15) is 0 Å². The Morgan fingerprint density at radius 1 is 1.17 bits per heavy atom. The van der Waals surface area contributed by atoms with Gasteiger partial charge in [-0.1, -0.05) is 23.2 Å². The molecule has 0 spiro atoms. The Morgan fingerprint density at radius 3 is 2.70 bits per heavy atom. The van der Waals surface area contributed by atoms with E-state index in [9.17, 15) is 14.0 Å². The van der Waals surface area contributed by atoms with Crippen molar-refractivity contribution in [3.8, 4) is 0 Å². The van der Waals surface area contributed by atoms with E-state index in [4.69, 9.17) is 23.2 Å². The van der Waals surface area contributed by atoms with Crippen molar-refractivity contribution in [2.75, 3.05) is 16.8 Å².